The van der Waals surface area contributed by atoms with Gasteiger partial charge in [0.25, 0.3) is 0 Å². The van der Waals surface area contributed by atoms with Crippen LogP contribution in [0.15, 0.2) is 48.9 Å². The quantitative estimate of drug-likeness (QED) is 0.566. The van der Waals surface area contributed by atoms with Crippen molar-refractivity contribution in [2.45, 2.75) is 19.4 Å². The second kappa shape index (κ2) is 6.72. The van der Waals surface area contributed by atoms with Gasteiger partial charge in [0.05, 0.1) is 18.1 Å². The number of aromatic amines is 1. The molecule has 0 saturated heterocycles. The minimum absolute atomic E-state index is 0.576. The minimum Gasteiger partial charge on any atom is -0.362 e. The SMILES string of the molecule is Cn1ncc2c(NCc3ncc[nH]3)nc(CCc3ccccc3)nc21. The van der Waals surface area contributed by atoms with E-state index in [2.05, 4.69) is 49.6 Å². The van der Waals surface area contributed by atoms with E-state index < -0.39 is 0 Å². The van der Waals surface area contributed by atoms with Crippen molar-refractivity contribution in [1.29, 1.82) is 0 Å². The van der Waals surface area contributed by atoms with Crippen molar-refractivity contribution in [2.24, 2.45) is 7.05 Å². The number of rotatable bonds is 6. The molecule has 2 N–H and O–H groups in total. The molecule has 25 heavy (non-hydrogen) atoms. The van der Waals surface area contributed by atoms with Gasteiger partial charge in [0.15, 0.2) is 5.65 Å². The number of hydrogen-bond donors (Lipinski definition) is 2. The maximum atomic E-state index is 4.71. The topological polar surface area (TPSA) is 84.3 Å². The summed E-state index contributed by atoms with van der Waals surface area (Å²) in [4.78, 5) is 16.7. The fraction of sp³-hybridized carbons (Fsp3) is 0.222. The molecule has 0 aliphatic carbocycles. The number of aromatic nitrogens is 6. The van der Waals surface area contributed by atoms with Gasteiger partial charge >= 0.3 is 0 Å². The highest BCUT2D eigenvalue weighted by molar-refractivity contribution is 5.86. The second-order valence-corrected chi connectivity index (χ2v) is 5.87. The molecule has 126 valence electrons. The molecular weight excluding hydrogens is 314 g/mol. The molecule has 0 radical (unpaired) electrons. The molecule has 0 aliphatic heterocycles. The van der Waals surface area contributed by atoms with E-state index in [4.69, 9.17) is 4.98 Å². The summed E-state index contributed by atoms with van der Waals surface area (Å²) in [5, 5.41) is 8.57. The van der Waals surface area contributed by atoms with Crippen LogP contribution < -0.4 is 5.32 Å². The largest absolute Gasteiger partial charge is 0.362 e. The molecule has 0 amide bonds. The Kier molecular flexibility index (Phi) is 4.12. The number of imidazole rings is 1. The molecular formula is C18H19N7. The molecule has 4 rings (SSSR count). The molecule has 4 aromatic rings. The summed E-state index contributed by atoms with van der Waals surface area (Å²) in [5.41, 5.74) is 2.11. The van der Waals surface area contributed by atoms with Crippen LogP contribution in [0.2, 0.25) is 0 Å². The first-order chi connectivity index (χ1) is 12.3. The summed E-state index contributed by atoms with van der Waals surface area (Å²) in [5.74, 6) is 2.46. The fourth-order valence-corrected chi connectivity index (χ4v) is 2.78. The number of aryl methyl sites for hydroxylation is 3. The van der Waals surface area contributed by atoms with Gasteiger partial charge in [0, 0.05) is 25.9 Å². The zero-order chi connectivity index (χ0) is 17.1. The van der Waals surface area contributed by atoms with Gasteiger partial charge in [-0.05, 0) is 12.0 Å². The van der Waals surface area contributed by atoms with E-state index in [0.29, 0.717) is 6.54 Å². The van der Waals surface area contributed by atoms with Gasteiger partial charge in [-0.2, -0.15) is 5.10 Å². The summed E-state index contributed by atoms with van der Waals surface area (Å²) in [6.07, 6.45) is 7.02. The molecule has 0 spiro atoms. The maximum absolute atomic E-state index is 4.71. The van der Waals surface area contributed by atoms with Gasteiger partial charge < -0.3 is 10.3 Å². The van der Waals surface area contributed by atoms with E-state index in [-0.39, 0.29) is 0 Å². The first-order valence-electron chi connectivity index (χ1n) is 8.24. The Morgan fingerprint density at radius 1 is 1.12 bits per heavy atom. The van der Waals surface area contributed by atoms with Crippen LogP contribution in [0.5, 0.6) is 0 Å². The van der Waals surface area contributed by atoms with Gasteiger partial charge in [-0.25, -0.2) is 15.0 Å². The van der Waals surface area contributed by atoms with Gasteiger partial charge in [-0.15, -0.1) is 0 Å². The van der Waals surface area contributed by atoms with Crippen molar-refractivity contribution in [3.05, 3.63) is 66.1 Å². The first-order valence-corrected chi connectivity index (χ1v) is 8.24. The highest BCUT2D eigenvalue weighted by Crippen LogP contribution is 2.20. The number of H-pyrrole nitrogens is 1. The van der Waals surface area contributed by atoms with E-state index in [0.717, 1.165) is 41.3 Å². The summed E-state index contributed by atoms with van der Waals surface area (Å²) in [6.45, 7) is 0.576. The second-order valence-electron chi connectivity index (χ2n) is 5.87. The summed E-state index contributed by atoms with van der Waals surface area (Å²) >= 11 is 0. The van der Waals surface area contributed by atoms with Gasteiger partial charge in [-0.3, -0.25) is 4.68 Å². The number of fused-ring (bicyclic) bond motifs is 1. The van der Waals surface area contributed by atoms with Gasteiger partial charge in [-0.1, -0.05) is 30.3 Å². The van der Waals surface area contributed by atoms with Crippen LogP contribution in [0.1, 0.15) is 17.2 Å². The molecule has 7 heteroatoms. The van der Waals surface area contributed by atoms with Crippen molar-refractivity contribution >= 4 is 16.9 Å². The lowest BCUT2D eigenvalue weighted by Crippen LogP contribution is -2.08. The van der Waals surface area contributed by atoms with E-state index >= 15 is 0 Å². The molecule has 3 heterocycles. The Morgan fingerprint density at radius 2 is 2.00 bits per heavy atom. The number of anilines is 1. The minimum atomic E-state index is 0.576. The van der Waals surface area contributed by atoms with Gasteiger partial charge in [0.2, 0.25) is 0 Å². The number of nitrogens with zero attached hydrogens (tertiary/aromatic N) is 5. The molecule has 0 atom stereocenters. The van der Waals surface area contributed by atoms with Crippen LogP contribution in [-0.4, -0.2) is 29.7 Å². The third-order valence-electron chi connectivity index (χ3n) is 4.10. The van der Waals surface area contributed by atoms with E-state index in [1.54, 1.807) is 17.1 Å². The molecule has 7 nitrogen and oxygen atoms in total. The molecule has 0 saturated carbocycles. The summed E-state index contributed by atoms with van der Waals surface area (Å²) < 4.78 is 1.78. The fourth-order valence-electron chi connectivity index (χ4n) is 2.78. The Hall–Kier alpha value is -3.22. The normalized spacial score (nSPS) is 11.1. The molecule has 0 unspecified atom stereocenters. The molecule has 3 aromatic heterocycles. The molecule has 1 aromatic carbocycles. The van der Waals surface area contributed by atoms with Crippen LogP contribution in [0.25, 0.3) is 11.0 Å². The Labute approximate surface area is 145 Å². The molecule has 0 aliphatic rings. The van der Waals surface area contributed by atoms with Crippen molar-refractivity contribution in [2.75, 3.05) is 5.32 Å². The third-order valence-corrected chi connectivity index (χ3v) is 4.10. The zero-order valence-electron chi connectivity index (χ0n) is 14.0. The van der Waals surface area contributed by atoms with Crippen molar-refractivity contribution in [3.63, 3.8) is 0 Å². The van der Waals surface area contributed by atoms with Gasteiger partial charge in [0.1, 0.15) is 17.5 Å². The standard InChI is InChI=1S/C18H19N7/c1-25-18-14(11-22-25)17(21-12-16-19-9-10-20-16)23-15(24-18)8-7-13-5-3-2-4-6-13/h2-6,9-11H,7-8,12H2,1H3,(H,19,20)(H,21,23,24). The average Bonchev–Trinajstić information content (AvgIpc) is 3.29. The average molecular weight is 333 g/mol. The van der Waals surface area contributed by atoms with E-state index in [9.17, 15) is 0 Å². The maximum Gasteiger partial charge on any atom is 0.163 e. The van der Waals surface area contributed by atoms with E-state index in [1.165, 1.54) is 5.56 Å². The van der Waals surface area contributed by atoms with Crippen molar-refractivity contribution in [1.82, 2.24) is 29.7 Å². The monoisotopic (exact) mass is 333 g/mol. The van der Waals surface area contributed by atoms with Crippen molar-refractivity contribution < 1.29 is 0 Å². The highest BCUT2D eigenvalue weighted by atomic mass is 15.3. The Bertz CT molecular complexity index is 958. The first kappa shape index (κ1) is 15.3. The van der Waals surface area contributed by atoms with Crippen LogP contribution in [0.3, 0.4) is 0 Å². The highest BCUT2D eigenvalue weighted by Gasteiger charge is 2.12. The van der Waals surface area contributed by atoms with E-state index in [1.807, 2.05) is 19.3 Å². The predicted octanol–water partition coefficient (Wildman–Crippen LogP) is 2.48. The lowest BCUT2D eigenvalue weighted by Gasteiger charge is -2.08. The predicted molar refractivity (Wildman–Crippen MR) is 96.1 cm³/mol. The summed E-state index contributed by atoms with van der Waals surface area (Å²) in [7, 11) is 1.90. The lowest BCUT2D eigenvalue weighted by atomic mass is 10.1. The van der Waals surface area contributed by atoms with Crippen LogP contribution in [0, 0.1) is 0 Å². The molecule has 0 fully saturated rings. The number of nitrogens with one attached hydrogen (secondary N) is 2. The Balaban J connectivity index is 1.59. The van der Waals surface area contributed by atoms with Crippen LogP contribution in [-0.2, 0) is 26.4 Å². The Morgan fingerprint density at radius 3 is 2.80 bits per heavy atom. The lowest BCUT2D eigenvalue weighted by molar-refractivity contribution is 0.775. The smallest absolute Gasteiger partial charge is 0.163 e. The summed E-state index contributed by atoms with van der Waals surface area (Å²) in [6, 6.07) is 10.4. The van der Waals surface area contributed by atoms with Crippen LogP contribution >= 0.6 is 0 Å². The van der Waals surface area contributed by atoms with Crippen molar-refractivity contribution in [3.8, 4) is 0 Å². The third kappa shape index (κ3) is 3.35. The zero-order valence-corrected chi connectivity index (χ0v) is 14.0. The number of benzene rings is 1. The molecule has 0 bridgehead atoms. The van der Waals surface area contributed by atoms with Crippen LogP contribution in [0.4, 0.5) is 5.82 Å². The number of hydrogen-bond acceptors (Lipinski definition) is 5.